The number of benzene rings is 2. The van der Waals surface area contributed by atoms with E-state index in [9.17, 15) is 4.39 Å². The Labute approximate surface area is 232 Å². The number of methoxy groups -OCH3 is 1. The molecule has 2 unspecified atom stereocenters. The lowest BCUT2D eigenvalue weighted by molar-refractivity contribution is 0.211. The van der Waals surface area contributed by atoms with Crippen molar-refractivity contribution in [3.8, 4) is 11.1 Å². The molecule has 0 amide bonds. The molecule has 0 saturated heterocycles. The van der Waals surface area contributed by atoms with Gasteiger partial charge in [-0.25, -0.2) is 13.9 Å². The van der Waals surface area contributed by atoms with Crippen LogP contribution >= 0.6 is 11.6 Å². The van der Waals surface area contributed by atoms with Crippen LogP contribution in [0.25, 0.3) is 16.6 Å². The summed E-state index contributed by atoms with van der Waals surface area (Å²) in [5, 5.41) is 12.0. The Bertz CT molecular complexity index is 1520. The number of nitrogens with one attached hydrogen (secondary N) is 2. The number of hydrogen-bond acceptors (Lipinski definition) is 6. The predicted octanol–water partition coefficient (Wildman–Crippen LogP) is 5.49. The molecule has 39 heavy (non-hydrogen) atoms. The lowest BCUT2D eigenvalue weighted by atomic mass is 10.0. The zero-order valence-electron chi connectivity index (χ0n) is 22.0. The fourth-order valence-electron chi connectivity index (χ4n) is 5.06. The number of fused-ring (bicyclic) bond motifs is 1. The minimum absolute atomic E-state index is 0.155. The number of ether oxygens (including phenoxy) is 1. The highest BCUT2D eigenvalue weighted by Crippen LogP contribution is 2.34. The second kappa shape index (κ2) is 11.6. The highest BCUT2D eigenvalue weighted by atomic mass is 35.5. The third kappa shape index (κ3) is 6.00. The van der Waals surface area contributed by atoms with Gasteiger partial charge in [-0.15, -0.1) is 0 Å². The maximum absolute atomic E-state index is 13.9. The number of nitrogens with two attached hydrogens (primary N) is 2. The number of aryl methyl sites for hydroxylation is 1. The molecule has 0 spiro atoms. The van der Waals surface area contributed by atoms with E-state index in [-0.39, 0.29) is 23.6 Å². The van der Waals surface area contributed by atoms with E-state index < -0.39 is 5.82 Å². The molecule has 1 aliphatic rings. The highest BCUT2D eigenvalue weighted by molar-refractivity contribution is 6.33. The van der Waals surface area contributed by atoms with Crippen molar-refractivity contribution in [3.05, 3.63) is 76.8 Å². The summed E-state index contributed by atoms with van der Waals surface area (Å²) in [5.41, 5.74) is 19.5. The van der Waals surface area contributed by atoms with Crippen molar-refractivity contribution in [3.63, 3.8) is 0 Å². The summed E-state index contributed by atoms with van der Waals surface area (Å²) in [6.07, 6.45) is 6.43. The van der Waals surface area contributed by atoms with Gasteiger partial charge in [0.05, 0.1) is 40.3 Å². The van der Waals surface area contributed by atoms with Crippen LogP contribution in [0.3, 0.4) is 0 Å². The van der Waals surface area contributed by atoms with Crippen LogP contribution in [0.5, 0.6) is 0 Å². The maximum atomic E-state index is 13.9. The van der Waals surface area contributed by atoms with Gasteiger partial charge in [0.2, 0.25) is 0 Å². The number of aliphatic imine (C=N–C) groups is 1. The Hall–Kier alpha value is -3.66. The van der Waals surface area contributed by atoms with Crippen LogP contribution in [-0.2, 0) is 4.74 Å². The summed E-state index contributed by atoms with van der Waals surface area (Å²) in [4.78, 5) is 4.46. The predicted molar refractivity (Wildman–Crippen MR) is 157 cm³/mol. The van der Waals surface area contributed by atoms with E-state index in [0.29, 0.717) is 17.2 Å². The molecule has 2 aromatic carbocycles. The lowest BCUT2D eigenvalue weighted by Gasteiger charge is -2.18. The summed E-state index contributed by atoms with van der Waals surface area (Å²) >= 11 is 6.26. The van der Waals surface area contributed by atoms with Gasteiger partial charge >= 0.3 is 0 Å². The van der Waals surface area contributed by atoms with Gasteiger partial charge in [-0.3, -0.25) is 0 Å². The van der Waals surface area contributed by atoms with Gasteiger partial charge in [-0.1, -0.05) is 17.7 Å². The minimum atomic E-state index is -0.440. The topological polar surface area (TPSA) is 115 Å². The van der Waals surface area contributed by atoms with Crippen LogP contribution < -0.4 is 22.1 Å². The van der Waals surface area contributed by atoms with Gasteiger partial charge in [0, 0.05) is 49.3 Å². The lowest BCUT2D eigenvalue weighted by Crippen LogP contribution is -2.24. The highest BCUT2D eigenvalue weighted by Gasteiger charge is 2.24. The van der Waals surface area contributed by atoms with E-state index in [4.69, 9.17) is 27.8 Å². The van der Waals surface area contributed by atoms with Crippen molar-refractivity contribution in [2.24, 2.45) is 16.5 Å². The number of nitrogens with zero attached hydrogens (tertiary/aromatic N) is 3. The molecule has 8 nitrogen and oxygen atoms in total. The standard InChI is InChI=1S/C29H33ClFN7O/c1-17-11-21(34-9-10-39-2)6-7-23(17)18-12-27-28(36-22-5-4-20(32)14-22)24(15-35-38(27)16-18)29(33)37-26-13-19(31)3-8-25(26)30/h3,6-8,11-13,15-16,20,22,34,36H,4-5,9-10,14,32H2,1-2H3,(H2,33,37). The SMILES string of the molecule is COCCNc1ccc(-c2cc3c(NC4CCC(N)C4)c(C(N)=Nc4cc(F)ccc4Cl)cnn3c2)c(C)c1. The second-order valence-electron chi connectivity index (χ2n) is 9.95. The summed E-state index contributed by atoms with van der Waals surface area (Å²) < 4.78 is 20.8. The average Bonchev–Trinajstić information content (AvgIpc) is 3.52. The van der Waals surface area contributed by atoms with Crippen LogP contribution in [-0.4, -0.2) is 47.8 Å². The number of anilines is 2. The van der Waals surface area contributed by atoms with Crippen molar-refractivity contribution in [2.75, 3.05) is 30.9 Å². The average molecular weight is 550 g/mol. The first kappa shape index (κ1) is 26.9. The van der Waals surface area contributed by atoms with Crippen LogP contribution in [0.15, 0.2) is 59.9 Å². The Morgan fingerprint density at radius 3 is 2.82 bits per heavy atom. The summed E-state index contributed by atoms with van der Waals surface area (Å²) in [6, 6.07) is 12.7. The van der Waals surface area contributed by atoms with Crippen molar-refractivity contribution in [1.82, 2.24) is 9.61 Å². The number of hydrogen-bond donors (Lipinski definition) is 4. The van der Waals surface area contributed by atoms with Gasteiger partial charge in [-0.05, 0) is 67.6 Å². The maximum Gasteiger partial charge on any atom is 0.135 e. The first-order chi connectivity index (χ1) is 18.8. The van der Waals surface area contributed by atoms with Gasteiger partial charge in [0.1, 0.15) is 11.7 Å². The molecule has 6 N–H and O–H groups in total. The Morgan fingerprint density at radius 1 is 1.23 bits per heavy atom. The molecular formula is C29H33ClFN7O. The van der Waals surface area contributed by atoms with E-state index in [1.54, 1.807) is 13.3 Å². The van der Waals surface area contributed by atoms with Crippen molar-refractivity contribution < 1.29 is 9.13 Å². The fraction of sp³-hybridized carbons (Fsp3) is 0.310. The molecule has 204 valence electrons. The van der Waals surface area contributed by atoms with Crippen LogP contribution in [0.2, 0.25) is 5.02 Å². The van der Waals surface area contributed by atoms with E-state index in [0.717, 1.165) is 59.4 Å². The number of aromatic nitrogens is 2. The number of amidine groups is 1. The molecule has 2 atom stereocenters. The quantitative estimate of drug-likeness (QED) is 0.125. The van der Waals surface area contributed by atoms with Gasteiger partial charge in [0.25, 0.3) is 0 Å². The molecule has 10 heteroatoms. The molecule has 0 radical (unpaired) electrons. The van der Waals surface area contributed by atoms with Crippen LogP contribution in [0, 0.1) is 12.7 Å². The third-order valence-electron chi connectivity index (χ3n) is 7.06. The second-order valence-corrected chi connectivity index (χ2v) is 10.4. The number of halogens is 2. The van der Waals surface area contributed by atoms with Gasteiger partial charge in [0.15, 0.2) is 0 Å². The summed E-state index contributed by atoms with van der Waals surface area (Å²) in [6.45, 7) is 3.46. The van der Waals surface area contributed by atoms with E-state index in [1.165, 1.54) is 18.2 Å². The summed E-state index contributed by atoms with van der Waals surface area (Å²) in [5.74, 6) is -0.253. The van der Waals surface area contributed by atoms with Crippen LogP contribution in [0.1, 0.15) is 30.4 Å². The van der Waals surface area contributed by atoms with Crippen LogP contribution in [0.4, 0.5) is 21.5 Å². The van der Waals surface area contributed by atoms with Gasteiger partial charge in [-0.2, -0.15) is 5.10 Å². The van der Waals surface area contributed by atoms with Crippen molar-refractivity contribution in [1.29, 1.82) is 0 Å². The monoisotopic (exact) mass is 549 g/mol. The van der Waals surface area contributed by atoms with E-state index >= 15 is 0 Å². The Kier molecular flexibility index (Phi) is 8.02. The first-order valence-electron chi connectivity index (χ1n) is 13.0. The largest absolute Gasteiger partial charge is 0.383 e. The molecule has 1 fully saturated rings. The molecule has 5 rings (SSSR count). The van der Waals surface area contributed by atoms with Crippen molar-refractivity contribution >= 4 is 40.0 Å². The smallest absolute Gasteiger partial charge is 0.135 e. The Balaban J connectivity index is 1.56. The normalized spacial score (nSPS) is 17.6. The fourth-order valence-corrected chi connectivity index (χ4v) is 5.22. The minimum Gasteiger partial charge on any atom is -0.383 e. The van der Waals surface area contributed by atoms with E-state index in [2.05, 4.69) is 51.9 Å². The molecule has 2 aromatic heterocycles. The van der Waals surface area contributed by atoms with Crippen molar-refractivity contribution in [2.45, 2.75) is 38.3 Å². The molecule has 4 aromatic rings. The zero-order chi connectivity index (χ0) is 27.5. The third-order valence-corrected chi connectivity index (χ3v) is 7.38. The van der Waals surface area contributed by atoms with E-state index in [1.807, 2.05) is 10.7 Å². The summed E-state index contributed by atoms with van der Waals surface area (Å²) in [7, 11) is 1.69. The molecular weight excluding hydrogens is 517 g/mol. The molecule has 2 heterocycles. The first-order valence-corrected chi connectivity index (χ1v) is 13.4. The zero-order valence-corrected chi connectivity index (χ0v) is 22.8. The van der Waals surface area contributed by atoms with Gasteiger partial charge < -0.3 is 26.8 Å². The Morgan fingerprint density at radius 2 is 2.08 bits per heavy atom. The number of rotatable bonds is 9. The molecule has 1 saturated carbocycles. The molecule has 0 aliphatic heterocycles. The molecule has 0 bridgehead atoms. The molecule has 1 aliphatic carbocycles.